The zero-order chi connectivity index (χ0) is 28.4. The highest BCUT2D eigenvalue weighted by molar-refractivity contribution is 5.88. The van der Waals surface area contributed by atoms with Gasteiger partial charge in [-0.15, -0.1) is 0 Å². The number of methoxy groups -OCH3 is 1. The molecule has 214 valence electrons. The third-order valence-electron chi connectivity index (χ3n) is 7.75. The van der Waals surface area contributed by atoms with Crippen LogP contribution >= 0.6 is 0 Å². The molecule has 0 bridgehead atoms. The number of fused-ring (bicyclic) bond motifs is 1. The van der Waals surface area contributed by atoms with Gasteiger partial charge in [0.05, 0.1) is 19.1 Å². The van der Waals surface area contributed by atoms with Crippen LogP contribution in [0.2, 0.25) is 0 Å². The van der Waals surface area contributed by atoms with Crippen LogP contribution in [0.25, 0.3) is 11.1 Å². The maximum Gasteiger partial charge on any atom is 0.330 e. The number of hydrogen-bond acceptors (Lipinski definition) is 8. The predicted molar refractivity (Wildman–Crippen MR) is 141 cm³/mol. The molecular weight excluding hydrogens is 527 g/mol. The van der Waals surface area contributed by atoms with E-state index in [2.05, 4.69) is 10.3 Å². The molecule has 1 aliphatic heterocycles. The van der Waals surface area contributed by atoms with Crippen LogP contribution in [0.3, 0.4) is 0 Å². The first kappa shape index (κ1) is 28.1. The Morgan fingerprint density at radius 3 is 2.52 bits per heavy atom. The summed E-state index contributed by atoms with van der Waals surface area (Å²) in [6, 6.07) is 7.01. The third kappa shape index (κ3) is 5.71. The fourth-order valence-corrected chi connectivity index (χ4v) is 5.48. The number of esters is 1. The number of anilines is 2. The van der Waals surface area contributed by atoms with E-state index in [4.69, 9.17) is 13.9 Å². The van der Waals surface area contributed by atoms with E-state index < -0.39 is 35.9 Å². The molecule has 0 amide bonds. The molecule has 8 nitrogen and oxygen atoms in total. The molecule has 1 N–H and O–H groups in total. The molecule has 1 aromatic heterocycles. The van der Waals surface area contributed by atoms with Gasteiger partial charge in [0, 0.05) is 25.2 Å². The topological polar surface area (TPSA) is 93.9 Å². The zero-order valence-corrected chi connectivity index (χ0v) is 22.5. The van der Waals surface area contributed by atoms with Crippen molar-refractivity contribution in [1.29, 1.82) is 0 Å². The second-order valence-electron chi connectivity index (χ2n) is 10.5. The second-order valence-corrected chi connectivity index (χ2v) is 10.5. The van der Waals surface area contributed by atoms with E-state index in [1.54, 1.807) is 6.92 Å². The number of ketones is 1. The second kappa shape index (κ2) is 11.6. The molecule has 1 saturated carbocycles. The number of nitrogens with one attached hydrogen (secondary N) is 1. The summed E-state index contributed by atoms with van der Waals surface area (Å²) in [5, 5.41) is 2.90. The van der Waals surface area contributed by atoms with E-state index in [1.165, 1.54) is 42.3 Å². The first-order valence-corrected chi connectivity index (χ1v) is 13.5. The van der Waals surface area contributed by atoms with Crippen molar-refractivity contribution in [2.45, 2.75) is 64.0 Å². The van der Waals surface area contributed by atoms with Crippen LogP contribution in [0.15, 0.2) is 34.7 Å². The Kier molecular flexibility index (Phi) is 8.14. The van der Waals surface area contributed by atoms with Gasteiger partial charge in [0.25, 0.3) is 6.01 Å². The number of nitrogens with zero attached hydrogens (tertiary/aromatic N) is 2. The van der Waals surface area contributed by atoms with Gasteiger partial charge in [-0.2, -0.15) is 9.37 Å². The molecular formula is C29H32F3N3O5. The number of alkyl halides is 1. The molecule has 1 aliphatic carbocycles. The largest absolute Gasteiger partial charge is 0.469 e. The van der Waals surface area contributed by atoms with E-state index in [0.29, 0.717) is 50.0 Å². The van der Waals surface area contributed by atoms with Crippen LogP contribution in [0.1, 0.15) is 49.7 Å². The van der Waals surface area contributed by atoms with Gasteiger partial charge in [0.15, 0.2) is 11.4 Å². The SMILES string of the molecule is COC(=O)C1CCC(OC(F)(C(=O)Cc2ccc3nc(Nc4ccc(F)cc4C)oc3c2F)N2CCCC2)CC1. The Balaban J connectivity index is 1.33. The molecule has 2 heterocycles. The number of oxazole rings is 1. The van der Waals surface area contributed by atoms with Gasteiger partial charge in [-0.3, -0.25) is 9.59 Å². The Bertz CT molecular complexity index is 1400. The summed E-state index contributed by atoms with van der Waals surface area (Å²) in [4.78, 5) is 30.9. The Morgan fingerprint density at radius 2 is 1.85 bits per heavy atom. The first-order chi connectivity index (χ1) is 19.2. The van der Waals surface area contributed by atoms with Gasteiger partial charge >= 0.3 is 11.9 Å². The number of hydrogen-bond donors (Lipinski definition) is 1. The normalized spacial score (nSPS) is 21.3. The number of aryl methyl sites for hydroxylation is 1. The number of carbonyl (C=O) groups is 2. The Labute approximate surface area is 229 Å². The van der Waals surface area contributed by atoms with Crippen molar-refractivity contribution in [3.05, 3.63) is 53.1 Å². The molecule has 2 aromatic carbocycles. The van der Waals surface area contributed by atoms with Crippen LogP contribution in [-0.2, 0) is 25.5 Å². The smallest absolute Gasteiger partial charge is 0.330 e. The summed E-state index contributed by atoms with van der Waals surface area (Å²) in [6.45, 7) is 2.40. The van der Waals surface area contributed by atoms with Crippen molar-refractivity contribution in [1.82, 2.24) is 9.88 Å². The van der Waals surface area contributed by atoms with Gasteiger partial charge < -0.3 is 19.2 Å². The number of likely N-dealkylation sites (tertiary alicyclic amines) is 1. The lowest BCUT2D eigenvalue weighted by Gasteiger charge is -2.37. The van der Waals surface area contributed by atoms with Crippen molar-refractivity contribution in [3.63, 3.8) is 0 Å². The zero-order valence-electron chi connectivity index (χ0n) is 22.5. The molecule has 11 heteroatoms. The molecule has 2 aliphatic rings. The van der Waals surface area contributed by atoms with Crippen molar-refractivity contribution < 1.29 is 36.7 Å². The lowest BCUT2D eigenvalue weighted by atomic mass is 9.87. The van der Waals surface area contributed by atoms with E-state index >= 15 is 8.78 Å². The van der Waals surface area contributed by atoms with E-state index in [1.807, 2.05) is 0 Å². The van der Waals surface area contributed by atoms with Crippen LogP contribution in [-0.4, -0.2) is 53.9 Å². The highest BCUT2D eigenvalue weighted by Crippen LogP contribution is 2.35. The van der Waals surface area contributed by atoms with Gasteiger partial charge in [-0.05, 0) is 80.8 Å². The van der Waals surface area contributed by atoms with Crippen LogP contribution < -0.4 is 5.32 Å². The lowest BCUT2D eigenvalue weighted by molar-refractivity contribution is -0.252. The van der Waals surface area contributed by atoms with Gasteiger partial charge in [0.2, 0.25) is 5.78 Å². The third-order valence-corrected chi connectivity index (χ3v) is 7.75. The molecule has 0 radical (unpaired) electrons. The first-order valence-electron chi connectivity index (χ1n) is 13.5. The average molecular weight is 560 g/mol. The number of benzene rings is 2. The van der Waals surface area contributed by atoms with Gasteiger partial charge in [-0.1, -0.05) is 6.07 Å². The number of rotatable bonds is 9. The Hall–Kier alpha value is -3.44. The van der Waals surface area contributed by atoms with Crippen molar-refractivity contribution in [2.24, 2.45) is 5.92 Å². The van der Waals surface area contributed by atoms with Crippen LogP contribution in [0, 0.1) is 24.5 Å². The predicted octanol–water partition coefficient (Wildman–Crippen LogP) is 5.74. The minimum absolute atomic E-state index is 0.00474. The fourth-order valence-electron chi connectivity index (χ4n) is 5.48. The summed E-state index contributed by atoms with van der Waals surface area (Å²) >= 11 is 0. The molecule has 0 spiro atoms. The van der Waals surface area contributed by atoms with Gasteiger partial charge in [0.1, 0.15) is 11.3 Å². The standard InChI is InChI=1S/C29H32F3N3O5/c1-17-15-20(30)8-12-22(17)33-28-34-23-11-7-19(25(31)26(23)39-28)16-24(36)29(32,35-13-3-4-14-35)40-21-9-5-18(6-10-21)27(37)38-2/h7-8,11-12,15,18,21H,3-6,9-10,13-14,16H2,1-2H3,(H,33,34). The highest BCUT2D eigenvalue weighted by Gasteiger charge is 2.49. The highest BCUT2D eigenvalue weighted by atomic mass is 19.2. The number of carbonyl (C=O) groups excluding carboxylic acids is 2. The molecule has 2 fully saturated rings. The number of ether oxygens (including phenoxy) is 2. The number of aromatic nitrogens is 1. The molecule has 40 heavy (non-hydrogen) atoms. The molecule has 1 unspecified atom stereocenters. The van der Waals surface area contributed by atoms with E-state index in [-0.39, 0.29) is 34.6 Å². The molecule has 1 atom stereocenters. The fraction of sp³-hybridized carbons (Fsp3) is 0.483. The molecule has 3 aromatic rings. The summed E-state index contributed by atoms with van der Waals surface area (Å²) in [5.74, 6) is -5.39. The van der Waals surface area contributed by atoms with Crippen molar-refractivity contribution >= 4 is 34.6 Å². The summed E-state index contributed by atoms with van der Waals surface area (Å²) in [6.07, 6.45) is 2.12. The van der Waals surface area contributed by atoms with Crippen molar-refractivity contribution in [3.8, 4) is 0 Å². The van der Waals surface area contributed by atoms with Crippen LogP contribution in [0.4, 0.5) is 24.9 Å². The lowest BCUT2D eigenvalue weighted by Crippen LogP contribution is -2.54. The number of halogens is 3. The molecule has 5 rings (SSSR count). The van der Waals surface area contributed by atoms with Gasteiger partial charge in [-0.25, -0.2) is 13.7 Å². The minimum atomic E-state index is -2.71. The van der Waals surface area contributed by atoms with Crippen LogP contribution in [0.5, 0.6) is 0 Å². The quantitative estimate of drug-likeness (QED) is 0.262. The summed E-state index contributed by atoms with van der Waals surface area (Å²) in [5.41, 5.74) is 1.13. The maximum absolute atomic E-state index is 16.5. The monoisotopic (exact) mass is 559 g/mol. The molecule has 1 saturated heterocycles. The summed E-state index contributed by atoms with van der Waals surface area (Å²) in [7, 11) is 1.34. The van der Waals surface area contributed by atoms with Crippen molar-refractivity contribution in [2.75, 3.05) is 25.5 Å². The number of Topliss-reactive ketones (excluding diaryl/α,β-unsaturated/α-hetero) is 1. The van der Waals surface area contributed by atoms with E-state index in [9.17, 15) is 14.0 Å². The Morgan fingerprint density at radius 1 is 1.12 bits per heavy atom. The maximum atomic E-state index is 16.5. The average Bonchev–Trinajstić information content (AvgIpc) is 3.63. The van der Waals surface area contributed by atoms with E-state index in [0.717, 1.165) is 12.8 Å². The summed E-state index contributed by atoms with van der Waals surface area (Å²) < 4.78 is 61.7. The minimum Gasteiger partial charge on any atom is -0.469 e.